The van der Waals surface area contributed by atoms with E-state index in [0.717, 1.165) is 0 Å². The van der Waals surface area contributed by atoms with Gasteiger partial charge in [0.2, 0.25) is 16.9 Å². The molecular formula is C24H20O8. The smallest absolute Gasteiger partial charge is 0.208 e. The monoisotopic (exact) mass is 436 g/mol. The van der Waals surface area contributed by atoms with Gasteiger partial charge in [-0.25, -0.2) is 0 Å². The summed E-state index contributed by atoms with van der Waals surface area (Å²) in [5.74, 6) is 0.960. The van der Waals surface area contributed by atoms with Crippen LogP contribution in [-0.4, -0.2) is 37.1 Å². The highest BCUT2D eigenvalue weighted by atomic mass is 16.6. The van der Waals surface area contributed by atoms with Crippen molar-refractivity contribution < 1.29 is 33.6 Å². The van der Waals surface area contributed by atoms with E-state index in [0.29, 0.717) is 16.5 Å². The van der Waals surface area contributed by atoms with Crippen LogP contribution in [0.4, 0.5) is 0 Å². The Morgan fingerprint density at radius 2 is 1.81 bits per heavy atom. The Hall–Kier alpha value is -3.91. The lowest BCUT2D eigenvalue weighted by atomic mass is 10.0. The largest absolute Gasteiger partial charge is 0.504 e. The van der Waals surface area contributed by atoms with Gasteiger partial charge in [0.05, 0.1) is 31.6 Å². The molecule has 2 atom stereocenters. The van der Waals surface area contributed by atoms with Gasteiger partial charge in [-0.1, -0.05) is 18.2 Å². The number of benzene rings is 3. The van der Waals surface area contributed by atoms with Crippen molar-refractivity contribution in [2.45, 2.75) is 12.2 Å². The lowest BCUT2D eigenvalue weighted by Gasteiger charge is -2.34. The van der Waals surface area contributed by atoms with Crippen LogP contribution >= 0.6 is 0 Å². The van der Waals surface area contributed by atoms with Crippen molar-refractivity contribution in [1.82, 2.24) is 0 Å². The van der Waals surface area contributed by atoms with Crippen LogP contribution in [0.2, 0.25) is 0 Å². The molecule has 0 amide bonds. The predicted molar refractivity (Wildman–Crippen MR) is 116 cm³/mol. The number of aromatic hydroxyl groups is 1. The summed E-state index contributed by atoms with van der Waals surface area (Å²) in [4.78, 5) is 13.1. The van der Waals surface area contributed by atoms with Crippen LogP contribution in [0.5, 0.6) is 28.7 Å². The van der Waals surface area contributed by atoms with Gasteiger partial charge in [0.1, 0.15) is 5.58 Å². The number of ether oxygens (including phenoxy) is 4. The molecule has 3 aromatic carbocycles. The van der Waals surface area contributed by atoms with Gasteiger partial charge in [0.15, 0.2) is 35.0 Å². The zero-order valence-electron chi connectivity index (χ0n) is 17.3. The molecular weight excluding hydrogens is 416 g/mol. The van der Waals surface area contributed by atoms with Crippen molar-refractivity contribution in [3.63, 3.8) is 0 Å². The fourth-order valence-corrected chi connectivity index (χ4v) is 3.97. The number of aliphatic hydroxyl groups is 1. The third-order valence-electron chi connectivity index (χ3n) is 5.52. The van der Waals surface area contributed by atoms with Crippen molar-refractivity contribution in [2.75, 3.05) is 20.8 Å². The Balaban J connectivity index is 1.71. The number of para-hydroxylation sites is 1. The third-order valence-corrected chi connectivity index (χ3v) is 5.52. The first-order valence-electron chi connectivity index (χ1n) is 9.93. The van der Waals surface area contributed by atoms with E-state index in [9.17, 15) is 15.0 Å². The highest BCUT2D eigenvalue weighted by molar-refractivity contribution is 5.95. The fraction of sp³-hybridized carbons (Fsp3) is 0.208. The van der Waals surface area contributed by atoms with Crippen LogP contribution in [0.3, 0.4) is 0 Å². The minimum absolute atomic E-state index is 0.0222. The summed E-state index contributed by atoms with van der Waals surface area (Å²) in [6.07, 6.45) is -1.51. The molecule has 0 bridgehead atoms. The Labute approximate surface area is 182 Å². The molecule has 8 heteroatoms. The molecule has 0 fully saturated rings. The summed E-state index contributed by atoms with van der Waals surface area (Å²) in [6, 6.07) is 13.2. The molecule has 1 aliphatic rings. The van der Waals surface area contributed by atoms with Crippen molar-refractivity contribution in [3.05, 3.63) is 64.3 Å². The van der Waals surface area contributed by atoms with Crippen LogP contribution in [0.15, 0.2) is 57.7 Å². The molecule has 0 unspecified atom stereocenters. The molecule has 32 heavy (non-hydrogen) atoms. The molecule has 0 saturated carbocycles. The first-order chi connectivity index (χ1) is 15.5. The second-order valence-electron chi connectivity index (χ2n) is 7.35. The number of methoxy groups -OCH3 is 2. The highest BCUT2D eigenvalue weighted by Crippen LogP contribution is 2.49. The van der Waals surface area contributed by atoms with Crippen LogP contribution in [0.25, 0.3) is 21.9 Å². The zero-order valence-corrected chi connectivity index (χ0v) is 17.3. The molecule has 4 aromatic rings. The number of phenolic OH excluding ortho intramolecular Hbond substituents is 1. The van der Waals surface area contributed by atoms with E-state index < -0.39 is 12.2 Å². The van der Waals surface area contributed by atoms with E-state index in [1.165, 1.54) is 20.3 Å². The molecule has 2 N–H and O–H groups in total. The summed E-state index contributed by atoms with van der Waals surface area (Å²) in [5, 5.41) is 20.6. The maximum absolute atomic E-state index is 13.1. The fourth-order valence-electron chi connectivity index (χ4n) is 3.97. The minimum atomic E-state index is -0.782. The second kappa shape index (κ2) is 7.65. The Bertz CT molecular complexity index is 1390. The van der Waals surface area contributed by atoms with Crippen molar-refractivity contribution in [2.24, 2.45) is 0 Å². The predicted octanol–water partition coefficient (Wildman–Crippen LogP) is 3.54. The van der Waals surface area contributed by atoms with Gasteiger partial charge >= 0.3 is 0 Å². The number of phenols is 1. The molecule has 0 aliphatic carbocycles. The number of hydrogen-bond donors (Lipinski definition) is 2. The van der Waals surface area contributed by atoms with Gasteiger partial charge < -0.3 is 33.6 Å². The SMILES string of the molecule is COc1cc([C@H]2Oc3cc4c(=O)c5ccccc5oc4c(OC)c3O[C@@H]2CO)ccc1O. The van der Waals surface area contributed by atoms with E-state index in [1.807, 2.05) is 0 Å². The maximum atomic E-state index is 13.1. The van der Waals surface area contributed by atoms with Crippen molar-refractivity contribution in [1.29, 1.82) is 0 Å². The first kappa shape index (κ1) is 20.0. The van der Waals surface area contributed by atoms with Gasteiger partial charge in [-0.2, -0.15) is 0 Å². The maximum Gasteiger partial charge on any atom is 0.208 e. The van der Waals surface area contributed by atoms with E-state index in [-0.39, 0.29) is 51.8 Å². The quantitative estimate of drug-likeness (QED) is 0.468. The molecule has 5 rings (SSSR count). The van der Waals surface area contributed by atoms with Crippen LogP contribution in [0, 0.1) is 0 Å². The normalized spacial score (nSPS) is 17.5. The Kier molecular flexibility index (Phi) is 4.79. The topological polar surface area (TPSA) is 108 Å². The molecule has 0 radical (unpaired) electrons. The van der Waals surface area contributed by atoms with Crippen molar-refractivity contribution in [3.8, 4) is 28.7 Å². The Morgan fingerprint density at radius 1 is 1.00 bits per heavy atom. The van der Waals surface area contributed by atoms with Crippen LogP contribution < -0.4 is 24.4 Å². The van der Waals surface area contributed by atoms with Gasteiger partial charge in [0, 0.05) is 5.56 Å². The molecule has 0 saturated heterocycles. The standard InChI is InChI=1S/C24H20O8/c1-28-17-9-12(7-8-15(17)26)21-19(11-25)32-23-18(31-21)10-14-20(27)13-5-3-4-6-16(13)30-22(14)24(23)29-2/h3-10,19,21,25-26H,11H2,1-2H3/t19-,21-/m1/s1. The van der Waals surface area contributed by atoms with E-state index >= 15 is 0 Å². The number of fused-ring (bicyclic) bond motifs is 3. The minimum Gasteiger partial charge on any atom is -0.504 e. The second-order valence-corrected chi connectivity index (χ2v) is 7.35. The summed E-state index contributed by atoms with van der Waals surface area (Å²) in [5.41, 5.74) is 1.06. The van der Waals surface area contributed by atoms with Gasteiger partial charge in [0.25, 0.3) is 0 Å². The average Bonchev–Trinajstić information content (AvgIpc) is 2.82. The van der Waals surface area contributed by atoms with Crippen molar-refractivity contribution >= 4 is 21.9 Å². The number of aliphatic hydroxyl groups excluding tert-OH is 1. The van der Waals surface area contributed by atoms with Gasteiger partial charge in [-0.05, 0) is 30.3 Å². The molecule has 2 heterocycles. The lowest BCUT2D eigenvalue weighted by Crippen LogP contribution is -2.36. The number of hydrogen-bond acceptors (Lipinski definition) is 8. The van der Waals surface area contributed by atoms with Crippen LogP contribution in [-0.2, 0) is 0 Å². The summed E-state index contributed by atoms with van der Waals surface area (Å²) >= 11 is 0. The highest BCUT2D eigenvalue weighted by Gasteiger charge is 2.36. The molecule has 164 valence electrons. The van der Waals surface area contributed by atoms with E-state index in [2.05, 4.69) is 0 Å². The van der Waals surface area contributed by atoms with Gasteiger partial charge in [-0.3, -0.25) is 4.79 Å². The molecule has 1 aromatic heterocycles. The summed E-state index contributed by atoms with van der Waals surface area (Å²) < 4.78 is 29.0. The molecule has 0 spiro atoms. The van der Waals surface area contributed by atoms with E-state index in [4.69, 9.17) is 23.4 Å². The number of rotatable bonds is 4. The lowest BCUT2D eigenvalue weighted by molar-refractivity contribution is -0.0139. The first-order valence-corrected chi connectivity index (χ1v) is 9.93. The van der Waals surface area contributed by atoms with Gasteiger partial charge in [-0.15, -0.1) is 0 Å². The van der Waals surface area contributed by atoms with Crippen LogP contribution in [0.1, 0.15) is 11.7 Å². The molecule has 8 nitrogen and oxygen atoms in total. The summed E-state index contributed by atoms with van der Waals surface area (Å²) in [6.45, 7) is -0.351. The summed E-state index contributed by atoms with van der Waals surface area (Å²) in [7, 11) is 2.88. The van der Waals surface area contributed by atoms with E-state index in [1.54, 1.807) is 42.5 Å². The zero-order chi connectivity index (χ0) is 22.4. The Morgan fingerprint density at radius 3 is 2.56 bits per heavy atom. The molecule has 1 aliphatic heterocycles. The average molecular weight is 436 g/mol. The third kappa shape index (κ3) is 2.99.